The molecule has 0 radical (unpaired) electrons. The fourth-order valence-corrected chi connectivity index (χ4v) is 3.71. The van der Waals surface area contributed by atoms with Gasteiger partial charge in [0.2, 0.25) is 0 Å². The van der Waals surface area contributed by atoms with Gasteiger partial charge in [-0.25, -0.2) is 4.99 Å². The second-order valence-electron chi connectivity index (χ2n) is 6.45. The predicted molar refractivity (Wildman–Crippen MR) is 118 cm³/mol. The largest absolute Gasteiger partial charge is 0.504 e. The molecule has 1 aliphatic heterocycles. The number of hydrogen-bond acceptors (Lipinski definition) is 6. The molecule has 0 fully saturated rings. The highest BCUT2D eigenvalue weighted by atomic mass is 32.2. The van der Waals surface area contributed by atoms with E-state index < -0.39 is 6.61 Å². The third-order valence-corrected chi connectivity index (χ3v) is 5.32. The number of amides is 1. The molecule has 0 saturated heterocycles. The Morgan fingerprint density at radius 3 is 2.58 bits per heavy atom. The molecule has 1 heterocycles. The van der Waals surface area contributed by atoms with Crippen molar-refractivity contribution in [2.24, 2.45) is 4.99 Å². The number of carbonyl (C=O) groups is 1. The van der Waals surface area contributed by atoms with Gasteiger partial charge in [0, 0.05) is 5.75 Å². The minimum atomic E-state index is -2.92. The second kappa shape index (κ2) is 10.3. The molecule has 1 aliphatic rings. The Kier molecular flexibility index (Phi) is 7.51. The topological polar surface area (TPSA) is 71.4 Å². The third-order valence-electron chi connectivity index (χ3n) is 4.17. The van der Waals surface area contributed by atoms with E-state index in [0.29, 0.717) is 28.8 Å². The van der Waals surface area contributed by atoms with Crippen LogP contribution < -0.4 is 14.4 Å². The molecule has 3 rings (SSSR count). The molecule has 2 aromatic rings. The highest BCUT2D eigenvalue weighted by Crippen LogP contribution is 2.32. The van der Waals surface area contributed by atoms with Crippen LogP contribution >= 0.6 is 11.8 Å². The Labute approximate surface area is 183 Å². The molecule has 0 atom stereocenters. The van der Waals surface area contributed by atoms with Crippen molar-refractivity contribution in [2.45, 2.75) is 26.9 Å². The maximum Gasteiger partial charge on any atom is 0.387 e. The molecule has 0 saturated carbocycles. The van der Waals surface area contributed by atoms with Crippen LogP contribution in [0.25, 0.3) is 6.08 Å². The van der Waals surface area contributed by atoms with E-state index in [9.17, 15) is 18.7 Å². The molecule has 1 amide bonds. The standard InChI is InChI=1S/C22H22F2N2O4S/c1-3-11-31-22-25-17(12-14-5-10-18(27)19(13-14)29-4-2)20(28)26(22)15-6-8-16(9-7-15)30-21(23)24/h5-10,12-13,21,27H,3-4,11H2,1-2H3/b17-12-. The van der Waals surface area contributed by atoms with Gasteiger partial charge in [0.05, 0.1) is 12.3 Å². The summed E-state index contributed by atoms with van der Waals surface area (Å²) < 4.78 is 34.6. The van der Waals surface area contributed by atoms with E-state index in [2.05, 4.69) is 9.73 Å². The van der Waals surface area contributed by atoms with Gasteiger partial charge in [0.25, 0.3) is 5.91 Å². The van der Waals surface area contributed by atoms with E-state index in [4.69, 9.17) is 4.74 Å². The number of anilines is 1. The van der Waals surface area contributed by atoms with Crippen molar-refractivity contribution >= 4 is 34.6 Å². The fourth-order valence-electron chi connectivity index (χ4n) is 2.84. The van der Waals surface area contributed by atoms with E-state index in [1.54, 1.807) is 18.2 Å². The minimum absolute atomic E-state index is 0.00779. The monoisotopic (exact) mass is 448 g/mol. The average molecular weight is 448 g/mol. The number of carbonyl (C=O) groups excluding carboxylic acids is 1. The number of nitrogens with zero attached hydrogens (tertiary/aromatic N) is 2. The number of ether oxygens (including phenoxy) is 2. The van der Waals surface area contributed by atoms with Crippen molar-refractivity contribution in [1.29, 1.82) is 0 Å². The van der Waals surface area contributed by atoms with Crippen LogP contribution in [-0.2, 0) is 4.79 Å². The van der Waals surface area contributed by atoms with Gasteiger partial charge in [-0.15, -0.1) is 0 Å². The zero-order valence-corrected chi connectivity index (χ0v) is 17.9. The summed E-state index contributed by atoms with van der Waals surface area (Å²) in [5.41, 5.74) is 1.37. The smallest absolute Gasteiger partial charge is 0.387 e. The quantitative estimate of drug-likeness (QED) is 0.557. The lowest BCUT2D eigenvalue weighted by Gasteiger charge is -2.18. The van der Waals surface area contributed by atoms with E-state index in [0.717, 1.165) is 12.2 Å². The van der Waals surface area contributed by atoms with Gasteiger partial charge in [-0.2, -0.15) is 8.78 Å². The average Bonchev–Trinajstić information content (AvgIpc) is 3.04. The van der Waals surface area contributed by atoms with Crippen LogP contribution in [0.2, 0.25) is 0 Å². The first-order valence-corrected chi connectivity index (χ1v) is 10.7. The Morgan fingerprint density at radius 1 is 1.19 bits per heavy atom. The number of hydrogen-bond donors (Lipinski definition) is 1. The van der Waals surface area contributed by atoms with Crippen LogP contribution in [0.3, 0.4) is 0 Å². The molecule has 1 N–H and O–H groups in total. The highest BCUT2D eigenvalue weighted by molar-refractivity contribution is 8.14. The number of amidine groups is 1. The zero-order valence-electron chi connectivity index (χ0n) is 17.0. The molecule has 164 valence electrons. The van der Waals surface area contributed by atoms with Crippen molar-refractivity contribution < 1.29 is 28.2 Å². The first-order valence-electron chi connectivity index (χ1n) is 9.71. The van der Waals surface area contributed by atoms with E-state index >= 15 is 0 Å². The van der Waals surface area contributed by atoms with Crippen molar-refractivity contribution in [3.8, 4) is 17.2 Å². The molecule has 0 aliphatic carbocycles. The van der Waals surface area contributed by atoms with Gasteiger partial charge in [0.15, 0.2) is 16.7 Å². The third kappa shape index (κ3) is 5.55. The summed E-state index contributed by atoms with van der Waals surface area (Å²) in [5.74, 6) is 0.756. The molecule has 6 nitrogen and oxygen atoms in total. The predicted octanol–water partition coefficient (Wildman–Crippen LogP) is 5.28. The molecular formula is C22H22F2N2O4S. The Bertz CT molecular complexity index is 994. The van der Waals surface area contributed by atoms with Crippen molar-refractivity contribution in [2.75, 3.05) is 17.3 Å². The van der Waals surface area contributed by atoms with Crippen LogP contribution in [0.4, 0.5) is 14.5 Å². The SMILES string of the molecule is CCCSC1=N/C(=C\c2ccc(O)c(OCC)c2)C(=O)N1c1ccc(OC(F)F)cc1. The molecule has 0 unspecified atom stereocenters. The van der Waals surface area contributed by atoms with E-state index in [1.165, 1.54) is 47.0 Å². The number of halogens is 2. The van der Waals surface area contributed by atoms with Crippen LogP contribution in [0.1, 0.15) is 25.8 Å². The van der Waals surface area contributed by atoms with Gasteiger partial charge in [-0.1, -0.05) is 24.8 Å². The normalized spacial score (nSPS) is 15.0. The van der Waals surface area contributed by atoms with Crippen LogP contribution in [-0.4, -0.2) is 35.2 Å². The van der Waals surface area contributed by atoms with Crippen molar-refractivity contribution in [3.05, 3.63) is 53.7 Å². The summed E-state index contributed by atoms with van der Waals surface area (Å²) >= 11 is 1.43. The summed E-state index contributed by atoms with van der Waals surface area (Å²) in [6.07, 6.45) is 2.51. The molecule has 9 heteroatoms. The maximum atomic E-state index is 13.1. The van der Waals surface area contributed by atoms with Crippen LogP contribution in [0, 0.1) is 0 Å². The minimum Gasteiger partial charge on any atom is -0.504 e. The van der Waals surface area contributed by atoms with Crippen molar-refractivity contribution in [3.63, 3.8) is 0 Å². The molecule has 2 aromatic carbocycles. The summed E-state index contributed by atoms with van der Waals surface area (Å²) in [5, 5.41) is 10.4. The van der Waals surface area contributed by atoms with Crippen LogP contribution in [0.5, 0.6) is 17.2 Å². The number of rotatable bonds is 8. The number of aliphatic imine (C=N–C) groups is 1. The van der Waals surface area contributed by atoms with Gasteiger partial charge < -0.3 is 14.6 Å². The van der Waals surface area contributed by atoms with Crippen LogP contribution in [0.15, 0.2) is 53.2 Å². The number of thioether (sulfide) groups is 1. The first kappa shape index (κ1) is 22.6. The number of alkyl halides is 2. The van der Waals surface area contributed by atoms with Crippen molar-refractivity contribution in [1.82, 2.24) is 0 Å². The van der Waals surface area contributed by atoms with Gasteiger partial charge >= 0.3 is 6.61 Å². The van der Waals surface area contributed by atoms with E-state index in [1.807, 2.05) is 13.8 Å². The number of phenolic OH excluding ortho intramolecular Hbond substituents is 1. The summed E-state index contributed by atoms with van der Waals surface area (Å²) in [6.45, 7) is 1.30. The summed E-state index contributed by atoms with van der Waals surface area (Å²) in [7, 11) is 0. The van der Waals surface area contributed by atoms with Gasteiger partial charge in [-0.05, 0) is 61.4 Å². The number of aromatic hydroxyl groups is 1. The molecule has 0 aromatic heterocycles. The lowest BCUT2D eigenvalue weighted by atomic mass is 10.1. The summed E-state index contributed by atoms with van der Waals surface area (Å²) in [4.78, 5) is 19.1. The van der Waals surface area contributed by atoms with Gasteiger partial charge in [-0.3, -0.25) is 9.69 Å². The highest BCUT2D eigenvalue weighted by Gasteiger charge is 2.32. The first-order chi connectivity index (χ1) is 14.9. The molecular weight excluding hydrogens is 426 g/mol. The zero-order chi connectivity index (χ0) is 22.4. The Morgan fingerprint density at radius 2 is 1.94 bits per heavy atom. The fraction of sp³-hybridized carbons (Fsp3) is 0.273. The maximum absolute atomic E-state index is 13.1. The lowest BCUT2D eigenvalue weighted by molar-refractivity contribution is -0.113. The number of benzene rings is 2. The molecule has 0 bridgehead atoms. The Balaban J connectivity index is 1.92. The number of phenols is 1. The lowest BCUT2D eigenvalue weighted by Crippen LogP contribution is -2.30. The second-order valence-corrected chi connectivity index (χ2v) is 7.51. The molecule has 0 spiro atoms. The van der Waals surface area contributed by atoms with Gasteiger partial charge in [0.1, 0.15) is 11.4 Å². The summed E-state index contributed by atoms with van der Waals surface area (Å²) in [6, 6.07) is 10.6. The Hall–Kier alpha value is -3.07. The van der Waals surface area contributed by atoms with E-state index in [-0.39, 0.29) is 23.1 Å². The molecule has 31 heavy (non-hydrogen) atoms.